The summed E-state index contributed by atoms with van der Waals surface area (Å²) in [5.41, 5.74) is 1.82. The molecule has 1 saturated carbocycles. The van der Waals surface area contributed by atoms with E-state index in [2.05, 4.69) is 20.6 Å². The molecule has 3 atom stereocenters. The Kier molecular flexibility index (Phi) is 5.06. The fraction of sp³-hybridized carbons (Fsp3) is 0.579. The van der Waals surface area contributed by atoms with Crippen molar-refractivity contribution in [1.82, 2.24) is 24.9 Å². The fourth-order valence-electron chi connectivity index (χ4n) is 3.87. The van der Waals surface area contributed by atoms with Crippen LogP contribution in [-0.4, -0.2) is 55.6 Å². The van der Waals surface area contributed by atoms with Crippen molar-refractivity contribution < 1.29 is 14.3 Å². The lowest BCUT2D eigenvalue weighted by atomic mass is 10.0. The zero-order valence-corrected chi connectivity index (χ0v) is 16.2. The van der Waals surface area contributed by atoms with Gasteiger partial charge in [0.25, 0.3) is 0 Å². The maximum absolute atomic E-state index is 12.2. The standard InChI is InChI=1S/C19H26N6O3/c1-12-5-6-25(12)19(27)28-15-4-3-14(8-15)16-9-17(23-22-16)21-18(26)7-13-10-20-24(2)11-13/h9-12,14-15H,3-8H2,1-2H3,(H2,21,22,23,26)/t12-,14-,15+/m0/s1. The second kappa shape index (κ2) is 7.65. The molecule has 2 amide bonds. The highest BCUT2D eigenvalue weighted by Crippen LogP contribution is 2.36. The van der Waals surface area contributed by atoms with Crippen LogP contribution in [0.4, 0.5) is 10.6 Å². The predicted octanol–water partition coefficient (Wildman–Crippen LogP) is 2.19. The van der Waals surface area contributed by atoms with Gasteiger partial charge in [0.05, 0.1) is 12.6 Å². The number of anilines is 1. The molecule has 28 heavy (non-hydrogen) atoms. The highest BCUT2D eigenvalue weighted by atomic mass is 16.6. The van der Waals surface area contributed by atoms with Gasteiger partial charge in [-0.2, -0.15) is 10.2 Å². The van der Waals surface area contributed by atoms with Crippen molar-refractivity contribution in [3.8, 4) is 0 Å². The van der Waals surface area contributed by atoms with Crippen LogP contribution in [-0.2, 0) is 23.0 Å². The number of nitrogens with one attached hydrogen (secondary N) is 2. The number of aryl methyl sites for hydroxylation is 1. The van der Waals surface area contributed by atoms with Crippen molar-refractivity contribution in [3.63, 3.8) is 0 Å². The number of amides is 2. The highest BCUT2D eigenvalue weighted by Gasteiger charge is 2.34. The number of carbonyl (C=O) groups is 2. The Balaban J connectivity index is 1.27. The van der Waals surface area contributed by atoms with Gasteiger partial charge >= 0.3 is 6.09 Å². The molecule has 0 unspecified atom stereocenters. The quantitative estimate of drug-likeness (QED) is 0.819. The molecule has 9 heteroatoms. The number of hydrogen-bond acceptors (Lipinski definition) is 5. The number of rotatable bonds is 5. The molecule has 3 heterocycles. The fourth-order valence-corrected chi connectivity index (χ4v) is 3.87. The lowest BCUT2D eigenvalue weighted by Crippen LogP contribution is -2.50. The van der Waals surface area contributed by atoms with E-state index in [1.165, 1.54) is 0 Å². The van der Waals surface area contributed by atoms with Crippen LogP contribution >= 0.6 is 0 Å². The Bertz CT molecular complexity index is 859. The van der Waals surface area contributed by atoms with Crippen LogP contribution < -0.4 is 5.32 Å². The van der Waals surface area contributed by atoms with E-state index in [4.69, 9.17) is 4.74 Å². The minimum Gasteiger partial charge on any atom is -0.446 e. The van der Waals surface area contributed by atoms with E-state index in [0.717, 1.165) is 43.5 Å². The summed E-state index contributed by atoms with van der Waals surface area (Å²) in [6.07, 6.45) is 7.10. The SMILES string of the molecule is C[C@H]1CCN1C(=O)O[C@@H]1CC[C@H](c2cc(NC(=O)Cc3cnn(C)c3)n[nH]2)C1. The normalized spacial score (nSPS) is 24.1. The number of aromatic nitrogens is 4. The van der Waals surface area contributed by atoms with Crippen molar-refractivity contribution in [2.24, 2.45) is 7.05 Å². The van der Waals surface area contributed by atoms with Crippen molar-refractivity contribution in [3.05, 3.63) is 29.7 Å². The second-order valence-corrected chi connectivity index (χ2v) is 7.80. The summed E-state index contributed by atoms with van der Waals surface area (Å²) in [5, 5.41) is 14.1. The van der Waals surface area contributed by atoms with Gasteiger partial charge in [-0.3, -0.25) is 14.6 Å². The average molecular weight is 386 g/mol. The highest BCUT2D eigenvalue weighted by molar-refractivity contribution is 5.91. The Hall–Kier alpha value is -2.84. The molecule has 0 radical (unpaired) electrons. The number of nitrogens with zero attached hydrogens (tertiary/aromatic N) is 4. The molecule has 0 bridgehead atoms. The van der Waals surface area contributed by atoms with E-state index in [1.807, 2.05) is 26.2 Å². The molecule has 2 aromatic rings. The van der Waals surface area contributed by atoms with E-state index >= 15 is 0 Å². The lowest BCUT2D eigenvalue weighted by Gasteiger charge is -2.38. The minimum absolute atomic E-state index is 0.0581. The Morgan fingerprint density at radius 3 is 2.89 bits per heavy atom. The number of aromatic amines is 1. The molecule has 2 N–H and O–H groups in total. The number of carbonyl (C=O) groups excluding carboxylic acids is 2. The maximum atomic E-state index is 12.2. The lowest BCUT2D eigenvalue weighted by molar-refractivity contribution is -0.115. The van der Waals surface area contributed by atoms with E-state index in [9.17, 15) is 9.59 Å². The number of ether oxygens (including phenoxy) is 1. The first kappa shape index (κ1) is 18.5. The van der Waals surface area contributed by atoms with E-state index in [1.54, 1.807) is 15.8 Å². The van der Waals surface area contributed by atoms with Crippen molar-refractivity contribution in [2.45, 2.75) is 57.1 Å². The molecule has 2 aromatic heterocycles. The predicted molar refractivity (Wildman–Crippen MR) is 102 cm³/mol. The Morgan fingerprint density at radius 1 is 1.36 bits per heavy atom. The zero-order chi connectivity index (χ0) is 19.7. The third-order valence-corrected chi connectivity index (χ3v) is 5.63. The van der Waals surface area contributed by atoms with Crippen LogP contribution in [0.5, 0.6) is 0 Å². The van der Waals surface area contributed by atoms with Crippen molar-refractivity contribution in [1.29, 1.82) is 0 Å². The first-order valence-corrected chi connectivity index (χ1v) is 9.78. The topological polar surface area (TPSA) is 105 Å². The summed E-state index contributed by atoms with van der Waals surface area (Å²) >= 11 is 0. The second-order valence-electron chi connectivity index (χ2n) is 7.80. The summed E-state index contributed by atoms with van der Waals surface area (Å²) in [4.78, 5) is 26.1. The van der Waals surface area contributed by atoms with Crippen LogP contribution in [0.3, 0.4) is 0 Å². The van der Waals surface area contributed by atoms with Gasteiger partial charge in [0, 0.05) is 43.5 Å². The summed E-state index contributed by atoms with van der Waals surface area (Å²) in [5.74, 6) is 0.634. The minimum atomic E-state index is -0.197. The summed E-state index contributed by atoms with van der Waals surface area (Å²) in [6.45, 7) is 2.83. The third-order valence-electron chi connectivity index (χ3n) is 5.63. The van der Waals surface area contributed by atoms with E-state index in [0.29, 0.717) is 5.82 Å². The molecule has 2 aliphatic rings. The monoisotopic (exact) mass is 386 g/mol. The van der Waals surface area contributed by atoms with Crippen molar-refractivity contribution in [2.75, 3.05) is 11.9 Å². The molecule has 1 saturated heterocycles. The molecule has 0 spiro atoms. The van der Waals surface area contributed by atoms with Crippen LogP contribution in [0.25, 0.3) is 0 Å². The third kappa shape index (κ3) is 4.02. The first-order valence-electron chi connectivity index (χ1n) is 9.78. The van der Waals surface area contributed by atoms with Gasteiger partial charge in [-0.1, -0.05) is 0 Å². The van der Waals surface area contributed by atoms with Crippen molar-refractivity contribution >= 4 is 17.8 Å². The molecule has 1 aliphatic carbocycles. The van der Waals surface area contributed by atoms with Gasteiger partial charge in [-0.25, -0.2) is 4.79 Å². The molecule has 150 valence electrons. The van der Waals surface area contributed by atoms with Crippen LogP contribution in [0.1, 0.15) is 49.8 Å². The molecule has 0 aromatic carbocycles. The van der Waals surface area contributed by atoms with Crippen LogP contribution in [0.2, 0.25) is 0 Å². The number of likely N-dealkylation sites (tertiary alicyclic amines) is 1. The molecule has 2 fully saturated rings. The number of H-pyrrole nitrogens is 1. The summed E-state index contributed by atoms with van der Waals surface area (Å²) in [7, 11) is 1.82. The maximum Gasteiger partial charge on any atom is 0.410 e. The van der Waals surface area contributed by atoms with E-state index < -0.39 is 0 Å². The molecule has 9 nitrogen and oxygen atoms in total. The zero-order valence-electron chi connectivity index (χ0n) is 16.2. The average Bonchev–Trinajstić information content (AvgIpc) is 3.35. The molecule has 1 aliphatic heterocycles. The summed E-state index contributed by atoms with van der Waals surface area (Å²) < 4.78 is 7.32. The van der Waals surface area contributed by atoms with Gasteiger partial charge in [0.15, 0.2) is 5.82 Å². The summed E-state index contributed by atoms with van der Waals surface area (Å²) in [6, 6.07) is 2.16. The Labute approximate surface area is 163 Å². The molecular formula is C19H26N6O3. The van der Waals surface area contributed by atoms with Gasteiger partial charge < -0.3 is 15.0 Å². The number of hydrogen-bond donors (Lipinski definition) is 2. The van der Waals surface area contributed by atoms with Gasteiger partial charge in [0.2, 0.25) is 5.91 Å². The Morgan fingerprint density at radius 2 is 2.21 bits per heavy atom. The van der Waals surface area contributed by atoms with Crippen LogP contribution in [0, 0.1) is 0 Å². The molecular weight excluding hydrogens is 360 g/mol. The van der Waals surface area contributed by atoms with E-state index in [-0.39, 0.29) is 36.5 Å². The van der Waals surface area contributed by atoms with Gasteiger partial charge in [-0.15, -0.1) is 0 Å². The van der Waals surface area contributed by atoms with Crippen LogP contribution in [0.15, 0.2) is 18.5 Å². The molecule has 4 rings (SSSR count). The first-order chi connectivity index (χ1) is 13.5. The largest absolute Gasteiger partial charge is 0.446 e. The van der Waals surface area contributed by atoms with Gasteiger partial charge in [-0.05, 0) is 38.2 Å². The smallest absolute Gasteiger partial charge is 0.410 e. The van der Waals surface area contributed by atoms with Gasteiger partial charge in [0.1, 0.15) is 6.10 Å².